The molecule has 4 heteroatoms. The van der Waals surface area contributed by atoms with Crippen LogP contribution in [0.4, 0.5) is 0 Å². The first-order valence-corrected chi connectivity index (χ1v) is 8.53. The summed E-state index contributed by atoms with van der Waals surface area (Å²) in [5.41, 5.74) is 0. The van der Waals surface area contributed by atoms with E-state index in [-0.39, 0.29) is 0 Å². The summed E-state index contributed by atoms with van der Waals surface area (Å²) in [6.45, 7) is 10.8. The van der Waals surface area contributed by atoms with E-state index in [1.54, 1.807) is 0 Å². The number of nitrogens with one attached hydrogen (secondary N) is 1. The Bertz CT molecular complexity index is 255. The zero-order valence-corrected chi connectivity index (χ0v) is 13.8. The molecule has 1 aliphatic carbocycles. The van der Waals surface area contributed by atoms with Crippen LogP contribution in [0, 0.1) is 0 Å². The summed E-state index contributed by atoms with van der Waals surface area (Å²) in [6.07, 6.45) is 5.46. The van der Waals surface area contributed by atoms with Gasteiger partial charge in [0.2, 0.25) is 0 Å². The predicted molar refractivity (Wildman–Crippen MR) is 86.3 cm³/mol. The minimum atomic E-state index is 0.780. The van der Waals surface area contributed by atoms with Gasteiger partial charge in [0.1, 0.15) is 0 Å². The summed E-state index contributed by atoms with van der Waals surface area (Å²) >= 11 is 0. The topological polar surface area (TPSA) is 21.8 Å². The normalized spacial score (nSPS) is 30.0. The molecule has 0 atom stereocenters. The van der Waals surface area contributed by atoms with E-state index in [2.05, 4.69) is 41.0 Å². The summed E-state index contributed by atoms with van der Waals surface area (Å²) in [7, 11) is 4.56. The molecule has 1 N–H and O–H groups in total. The second-order valence-corrected chi connectivity index (χ2v) is 6.69. The molecule has 0 amide bonds. The van der Waals surface area contributed by atoms with E-state index in [9.17, 15) is 0 Å². The van der Waals surface area contributed by atoms with Crippen LogP contribution < -0.4 is 5.32 Å². The van der Waals surface area contributed by atoms with Gasteiger partial charge in [-0.15, -0.1) is 0 Å². The minimum absolute atomic E-state index is 0.780. The number of rotatable bonds is 6. The average Bonchev–Trinajstić information content (AvgIpc) is 2.47. The number of hydrogen-bond acceptors (Lipinski definition) is 4. The van der Waals surface area contributed by atoms with E-state index < -0.39 is 0 Å². The van der Waals surface area contributed by atoms with Crippen molar-refractivity contribution in [1.29, 1.82) is 0 Å². The molecule has 4 nitrogen and oxygen atoms in total. The van der Waals surface area contributed by atoms with Crippen molar-refractivity contribution < 1.29 is 0 Å². The zero-order chi connectivity index (χ0) is 14.4. The van der Waals surface area contributed by atoms with Crippen molar-refractivity contribution in [3.63, 3.8) is 0 Å². The monoisotopic (exact) mass is 282 g/mol. The molecule has 2 fully saturated rings. The van der Waals surface area contributed by atoms with Gasteiger partial charge in [-0.25, -0.2) is 0 Å². The highest BCUT2D eigenvalue weighted by Crippen LogP contribution is 2.22. The molecule has 2 aliphatic rings. The Kier molecular flexibility index (Phi) is 6.75. The maximum Gasteiger partial charge on any atom is 0.0110 e. The second kappa shape index (κ2) is 8.32. The SMILES string of the molecule is CCNC1CCC(N(C)CCN2CCN(C)CC2)CC1. The molecule has 20 heavy (non-hydrogen) atoms. The first-order valence-electron chi connectivity index (χ1n) is 8.53. The Hall–Kier alpha value is -0.160. The van der Waals surface area contributed by atoms with Crippen molar-refractivity contribution in [3.05, 3.63) is 0 Å². The number of piperazine rings is 1. The van der Waals surface area contributed by atoms with E-state index in [1.807, 2.05) is 0 Å². The Morgan fingerprint density at radius 1 is 1.05 bits per heavy atom. The van der Waals surface area contributed by atoms with Crippen molar-refractivity contribution >= 4 is 0 Å². The summed E-state index contributed by atoms with van der Waals surface area (Å²) in [5.74, 6) is 0. The lowest BCUT2D eigenvalue weighted by Gasteiger charge is -2.37. The second-order valence-electron chi connectivity index (χ2n) is 6.69. The van der Waals surface area contributed by atoms with Gasteiger partial charge in [0.15, 0.2) is 0 Å². The van der Waals surface area contributed by atoms with E-state index in [1.165, 1.54) is 65.0 Å². The highest BCUT2D eigenvalue weighted by Gasteiger charge is 2.23. The maximum absolute atomic E-state index is 3.60. The summed E-state index contributed by atoms with van der Waals surface area (Å²) in [4.78, 5) is 7.67. The predicted octanol–water partition coefficient (Wildman–Crippen LogP) is 1.09. The van der Waals surface area contributed by atoms with E-state index in [4.69, 9.17) is 0 Å². The van der Waals surface area contributed by atoms with Gasteiger partial charge >= 0.3 is 0 Å². The van der Waals surface area contributed by atoms with Gasteiger partial charge in [-0.2, -0.15) is 0 Å². The molecule has 0 aromatic carbocycles. The third-order valence-corrected chi connectivity index (χ3v) is 5.18. The van der Waals surface area contributed by atoms with Gasteiger partial charge < -0.3 is 15.1 Å². The molecule has 2 rings (SSSR count). The van der Waals surface area contributed by atoms with Crippen LogP contribution in [0.15, 0.2) is 0 Å². The van der Waals surface area contributed by atoms with Crippen LogP contribution in [-0.2, 0) is 0 Å². The molecule has 0 spiro atoms. The molecule has 0 unspecified atom stereocenters. The fourth-order valence-electron chi connectivity index (χ4n) is 3.56. The van der Waals surface area contributed by atoms with Gasteiger partial charge in [0, 0.05) is 51.4 Å². The average molecular weight is 282 g/mol. The van der Waals surface area contributed by atoms with E-state index in [0.29, 0.717) is 0 Å². The number of likely N-dealkylation sites (N-methyl/N-ethyl adjacent to an activating group) is 2. The largest absolute Gasteiger partial charge is 0.314 e. The quantitative estimate of drug-likeness (QED) is 0.787. The molecular formula is C16H34N4. The number of hydrogen-bond donors (Lipinski definition) is 1. The molecule has 0 bridgehead atoms. The highest BCUT2D eigenvalue weighted by atomic mass is 15.3. The first kappa shape index (κ1) is 16.2. The van der Waals surface area contributed by atoms with Crippen LogP contribution in [-0.4, -0.2) is 86.7 Å². The van der Waals surface area contributed by atoms with Gasteiger partial charge in [-0.05, 0) is 46.3 Å². The lowest BCUT2D eigenvalue weighted by atomic mass is 9.90. The van der Waals surface area contributed by atoms with Crippen LogP contribution >= 0.6 is 0 Å². The molecule has 0 aromatic heterocycles. The third kappa shape index (κ3) is 4.99. The van der Waals surface area contributed by atoms with Gasteiger partial charge in [-0.3, -0.25) is 4.90 Å². The van der Waals surface area contributed by atoms with Crippen molar-refractivity contribution in [2.45, 2.75) is 44.7 Å². The smallest absolute Gasteiger partial charge is 0.0110 e. The third-order valence-electron chi connectivity index (χ3n) is 5.18. The summed E-state index contributed by atoms with van der Waals surface area (Å²) in [6, 6.07) is 1.60. The molecule has 1 saturated heterocycles. The van der Waals surface area contributed by atoms with Crippen LogP contribution in [0.25, 0.3) is 0 Å². The zero-order valence-electron chi connectivity index (χ0n) is 13.8. The Labute approximate surface area is 125 Å². The van der Waals surface area contributed by atoms with E-state index in [0.717, 1.165) is 18.6 Å². The standard InChI is InChI=1S/C16H34N4/c1-4-17-15-5-7-16(8-6-15)19(3)11-14-20-12-9-18(2)10-13-20/h15-17H,4-14H2,1-3H3. The molecule has 1 heterocycles. The van der Waals surface area contributed by atoms with Crippen LogP contribution in [0.3, 0.4) is 0 Å². The maximum atomic E-state index is 3.60. The van der Waals surface area contributed by atoms with E-state index >= 15 is 0 Å². The fraction of sp³-hybridized carbons (Fsp3) is 1.00. The molecular weight excluding hydrogens is 248 g/mol. The van der Waals surface area contributed by atoms with Gasteiger partial charge in [0.25, 0.3) is 0 Å². The molecule has 0 aromatic rings. The summed E-state index contributed by atoms with van der Waals surface area (Å²) in [5, 5.41) is 3.60. The van der Waals surface area contributed by atoms with Crippen LogP contribution in [0.2, 0.25) is 0 Å². The Morgan fingerprint density at radius 3 is 2.30 bits per heavy atom. The molecule has 0 radical (unpaired) electrons. The Morgan fingerprint density at radius 2 is 1.70 bits per heavy atom. The lowest BCUT2D eigenvalue weighted by molar-refractivity contribution is 0.118. The summed E-state index contributed by atoms with van der Waals surface area (Å²) < 4.78 is 0. The lowest BCUT2D eigenvalue weighted by Crippen LogP contribution is -2.48. The van der Waals surface area contributed by atoms with Crippen molar-refractivity contribution in [3.8, 4) is 0 Å². The van der Waals surface area contributed by atoms with Gasteiger partial charge in [0.05, 0.1) is 0 Å². The fourth-order valence-corrected chi connectivity index (χ4v) is 3.56. The molecule has 1 aliphatic heterocycles. The van der Waals surface area contributed by atoms with Crippen molar-refractivity contribution in [2.75, 3.05) is 59.9 Å². The first-order chi connectivity index (χ1) is 9.69. The molecule has 118 valence electrons. The molecule has 1 saturated carbocycles. The highest BCUT2D eigenvalue weighted by molar-refractivity contribution is 4.82. The minimum Gasteiger partial charge on any atom is -0.314 e. The van der Waals surface area contributed by atoms with Crippen LogP contribution in [0.5, 0.6) is 0 Å². The Balaban J connectivity index is 1.61. The van der Waals surface area contributed by atoms with Crippen LogP contribution in [0.1, 0.15) is 32.6 Å². The van der Waals surface area contributed by atoms with Crippen molar-refractivity contribution in [2.24, 2.45) is 0 Å². The number of nitrogens with zero attached hydrogens (tertiary/aromatic N) is 3. The van der Waals surface area contributed by atoms with Gasteiger partial charge in [-0.1, -0.05) is 6.92 Å². The van der Waals surface area contributed by atoms with Crippen molar-refractivity contribution in [1.82, 2.24) is 20.0 Å².